The van der Waals surface area contributed by atoms with Crippen LogP contribution < -0.4 is 11.1 Å². The lowest BCUT2D eigenvalue weighted by Crippen LogP contribution is -2.13. The van der Waals surface area contributed by atoms with Crippen LogP contribution in [0.25, 0.3) is 0 Å². The first-order chi connectivity index (χ1) is 9.63. The Kier molecular flexibility index (Phi) is 3.12. The summed E-state index contributed by atoms with van der Waals surface area (Å²) in [6, 6.07) is 9.24. The predicted octanol–water partition coefficient (Wildman–Crippen LogP) is 2.69. The highest BCUT2D eigenvalue weighted by atomic mass is 19.1. The number of carbonyl (C=O) groups excluding carboxylic acids is 1. The van der Waals surface area contributed by atoms with Crippen LogP contribution in [0.2, 0.25) is 0 Å². The monoisotopic (exact) mass is 272 g/mol. The number of carbonyl (C=O) groups is 1. The Balaban J connectivity index is 1.84. The first-order valence-electron chi connectivity index (χ1n) is 6.19. The highest BCUT2D eigenvalue weighted by Gasteiger charge is 2.15. The van der Waals surface area contributed by atoms with Crippen molar-refractivity contribution in [3.8, 4) is 0 Å². The Labute approximate surface area is 115 Å². The first-order valence-corrected chi connectivity index (χ1v) is 6.19. The third-order valence-corrected chi connectivity index (χ3v) is 3.25. The Morgan fingerprint density at radius 1 is 1.15 bits per heavy atom. The molecule has 3 N–H and O–H groups in total. The molecule has 2 aromatic carbocycles. The van der Waals surface area contributed by atoms with Crippen molar-refractivity contribution in [3.05, 3.63) is 58.9 Å². The number of nitrogens with one attached hydrogen (secondary N) is 1. The van der Waals surface area contributed by atoms with E-state index in [9.17, 15) is 9.18 Å². The number of amides is 1. The van der Waals surface area contributed by atoms with E-state index in [-0.39, 0.29) is 11.6 Å². The molecule has 2 aromatic rings. The molecule has 0 radical (unpaired) electrons. The van der Waals surface area contributed by atoms with Crippen LogP contribution in [0.15, 0.2) is 36.4 Å². The molecule has 0 saturated carbocycles. The molecule has 0 bridgehead atoms. The quantitative estimate of drug-likeness (QED) is 0.826. The van der Waals surface area contributed by atoms with Crippen LogP contribution in [-0.4, -0.2) is 5.91 Å². The number of anilines is 2. The molecule has 1 amide bonds. The van der Waals surface area contributed by atoms with Crippen molar-refractivity contribution in [2.75, 3.05) is 11.1 Å². The summed E-state index contributed by atoms with van der Waals surface area (Å²) in [5.74, 6) is -0.770. The second-order valence-corrected chi connectivity index (χ2v) is 4.66. The zero-order valence-electron chi connectivity index (χ0n) is 10.7. The first kappa shape index (κ1) is 12.6. The lowest BCUT2D eigenvalue weighted by atomic mass is 10.1. The maximum atomic E-state index is 13.2. The van der Waals surface area contributed by atoms with E-state index in [2.05, 4.69) is 5.32 Å². The molecule has 1 aliphatic heterocycles. The number of nitrogen functional groups attached to an aromatic ring is 1. The number of fused-ring (bicyclic) bond motifs is 1. The van der Waals surface area contributed by atoms with Gasteiger partial charge in [-0.3, -0.25) is 4.79 Å². The van der Waals surface area contributed by atoms with Crippen molar-refractivity contribution in [1.82, 2.24) is 0 Å². The van der Waals surface area contributed by atoms with Crippen LogP contribution >= 0.6 is 0 Å². The van der Waals surface area contributed by atoms with Gasteiger partial charge in [-0.25, -0.2) is 4.39 Å². The highest BCUT2D eigenvalue weighted by molar-refractivity contribution is 6.05. The van der Waals surface area contributed by atoms with Gasteiger partial charge in [0.25, 0.3) is 5.91 Å². The molecule has 0 spiro atoms. The van der Waals surface area contributed by atoms with Gasteiger partial charge in [0.2, 0.25) is 0 Å². The van der Waals surface area contributed by atoms with Crippen LogP contribution in [0.5, 0.6) is 0 Å². The molecule has 4 nitrogen and oxygen atoms in total. The minimum absolute atomic E-state index is 0.270. The molecule has 3 rings (SSSR count). The number of hydrogen-bond donors (Lipinski definition) is 2. The van der Waals surface area contributed by atoms with E-state index in [1.165, 1.54) is 18.2 Å². The zero-order valence-corrected chi connectivity index (χ0v) is 10.7. The number of rotatable bonds is 2. The normalized spacial score (nSPS) is 13.1. The molecule has 0 aliphatic carbocycles. The number of hydrogen-bond acceptors (Lipinski definition) is 3. The maximum Gasteiger partial charge on any atom is 0.255 e. The number of halogens is 1. The molecule has 0 unspecified atom stereocenters. The van der Waals surface area contributed by atoms with Crippen molar-refractivity contribution < 1.29 is 13.9 Å². The van der Waals surface area contributed by atoms with E-state index in [1.54, 1.807) is 12.1 Å². The highest BCUT2D eigenvalue weighted by Crippen LogP contribution is 2.23. The van der Waals surface area contributed by atoms with Gasteiger partial charge >= 0.3 is 0 Å². The smallest absolute Gasteiger partial charge is 0.255 e. The van der Waals surface area contributed by atoms with E-state index < -0.39 is 5.82 Å². The summed E-state index contributed by atoms with van der Waals surface area (Å²) in [5.41, 5.74) is 8.89. The van der Waals surface area contributed by atoms with Gasteiger partial charge in [0.05, 0.1) is 24.6 Å². The molecule has 102 valence electrons. The van der Waals surface area contributed by atoms with E-state index in [1.807, 2.05) is 6.07 Å². The molecule has 1 aliphatic rings. The fraction of sp³-hybridized carbons (Fsp3) is 0.133. The predicted molar refractivity (Wildman–Crippen MR) is 73.7 cm³/mol. The van der Waals surface area contributed by atoms with Gasteiger partial charge in [-0.15, -0.1) is 0 Å². The van der Waals surface area contributed by atoms with E-state index in [0.29, 0.717) is 24.5 Å². The molecule has 0 atom stereocenters. The summed E-state index contributed by atoms with van der Waals surface area (Å²) in [5, 5.41) is 2.61. The van der Waals surface area contributed by atoms with Crippen molar-refractivity contribution in [3.63, 3.8) is 0 Å². The molecule has 0 fully saturated rings. The van der Waals surface area contributed by atoms with Crippen molar-refractivity contribution >= 4 is 17.3 Å². The van der Waals surface area contributed by atoms with Crippen LogP contribution in [0.1, 0.15) is 21.5 Å². The fourth-order valence-corrected chi connectivity index (χ4v) is 2.14. The molecular formula is C15H13FN2O2. The summed E-state index contributed by atoms with van der Waals surface area (Å²) in [6.45, 7) is 1.09. The number of ether oxygens (including phenoxy) is 1. The topological polar surface area (TPSA) is 64.3 Å². The van der Waals surface area contributed by atoms with Crippen LogP contribution in [0.4, 0.5) is 15.8 Å². The lowest BCUT2D eigenvalue weighted by Gasteiger charge is -2.09. The number of benzene rings is 2. The second kappa shape index (κ2) is 4.94. The molecule has 5 heteroatoms. The summed E-state index contributed by atoms with van der Waals surface area (Å²) >= 11 is 0. The standard InChI is InChI=1S/C15H13FN2O2/c16-12-3-4-13(17)14(6-12)18-15(19)9-1-2-10-7-20-8-11(10)5-9/h1-6H,7-8,17H2,(H,18,19). The largest absolute Gasteiger partial charge is 0.397 e. The average Bonchev–Trinajstić information content (AvgIpc) is 2.90. The van der Waals surface area contributed by atoms with Crippen LogP contribution in [-0.2, 0) is 18.0 Å². The van der Waals surface area contributed by atoms with Crippen LogP contribution in [0.3, 0.4) is 0 Å². The van der Waals surface area contributed by atoms with Crippen molar-refractivity contribution in [2.24, 2.45) is 0 Å². The minimum Gasteiger partial charge on any atom is -0.397 e. The summed E-state index contributed by atoms with van der Waals surface area (Å²) in [7, 11) is 0. The van der Waals surface area contributed by atoms with Gasteiger partial charge in [0.1, 0.15) is 5.82 Å². The summed E-state index contributed by atoms with van der Waals surface area (Å²) in [6.07, 6.45) is 0. The Morgan fingerprint density at radius 3 is 2.80 bits per heavy atom. The van der Waals surface area contributed by atoms with Gasteiger partial charge in [0, 0.05) is 5.56 Å². The lowest BCUT2D eigenvalue weighted by molar-refractivity contribution is 0.102. The molecule has 1 heterocycles. The Bertz CT molecular complexity index is 686. The average molecular weight is 272 g/mol. The van der Waals surface area contributed by atoms with Gasteiger partial charge in [-0.2, -0.15) is 0 Å². The second-order valence-electron chi connectivity index (χ2n) is 4.66. The van der Waals surface area contributed by atoms with Gasteiger partial charge in [0.15, 0.2) is 0 Å². The van der Waals surface area contributed by atoms with Gasteiger partial charge in [-0.1, -0.05) is 6.07 Å². The maximum absolute atomic E-state index is 13.2. The van der Waals surface area contributed by atoms with E-state index >= 15 is 0 Å². The molecule has 20 heavy (non-hydrogen) atoms. The Morgan fingerprint density at radius 2 is 1.95 bits per heavy atom. The summed E-state index contributed by atoms with van der Waals surface area (Å²) < 4.78 is 18.5. The van der Waals surface area contributed by atoms with E-state index in [0.717, 1.165) is 11.1 Å². The minimum atomic E-state index is -0.447. The molecule has 0 saturated heterocycles. The van der Waals surface area contributed by atoms with Crippen molar-refractivity contribution in [2.45, 2.75) is 13.2 Å². The molecular weight excluding hydrogens is 259 g/mol. The van der Waals surface area contributed by atoms with Crippen molar-refractivity contribution in [1.29, 1.82) is 0 Å². The van der Waals surface area contributed by atoms with E-state index in [4.69, 9.17) is 10.5 Å². The third-order valence-electron chi connectivity index (χ3n) is 3.25. The summed E-state index contributed by atoms with van der Waals surface area (Å²) in [4.78, 5) is 12.1. The zero-order chi connectivity index (χ0) is 14.1. The molecule has 0 aromatic heterocycles. The number of nitrogens with two attached hydrogens (primary N) is 1. The van der Waals surface area contributed by atoms with Gasteiger partial charge < -0.3 is 15.8 Å². The fourth-order valence-electron chi connectivity index (χ4n) is 2.14. The van der Waals surface area contributed by atoms with Gasteiger partial charge in [-0.05, 0) is 41.5 Å². The third kappa shape index (κ3) is 2.35. The Hall–Kier alpha value is -2.40. The SMILES string of the molecule is Nc1ccc(F)cc1NC(=O)c1ccc2c(c1)COC2. The van der Waals surface area contributed by atoms with Crippen LogP contribution in [0, 0.1) is 5.82 Å².